The average molecular weight is 270 g/mol. The van der Waals surface area contributed by atoms with Crippen LogP contribution in [-0.2, 0) is 9.53 Å². The number of carboxylic acids is 1. The predicted molar refractivity (Wildman–Crippen MR) is 71.0 cm³/mol. The van der Waals surface area contributed by atoms with E-state index >= 15 is 0 Å². The molecule has 0 radical (unpaired) electrons. The number of alkyl carbamates (subject to hydrolysis) is 1. The summed E-state index contributed by atoms with van der Waals surface area (Å²) in [6.07, 6.45) is 3.35. The number of piperidine rings is 1. The molecule has 0 aromatic rings. The Morgan fingerprint density at radius 2 is 2.11 bits per heavy atom. The van der Waals surface area contributed by atoms with Gasteiger partial charge < -0.3 is 20.1 Å². The molecular weight excluding hydrogens is 248 g/mol. The van der Waals surface area contributed by atoms with Gasteiger partial charge >= 0.3 is 12.1 Å². The molecule has 0 unspecified atom stereocenters. The number of amides is 1. The van der Waals surface area contributed by atoms with E-state index in [2.05, 4.69) is 16.8 Å². The molecule has 0 saturated carbocycles. The Morgan fingerprint density at radius 3 is 2.68 bits per heavy atom. The van der Waals surface area contributed by atoms with Crippen molar-refractivity contribution in [3.63, 3.8) is 0 Å². The summed E-state index contributed by atoms with van der Waals surface area (Å²) in [6, 6.07) is 0. The number of carbonyl (C=O) groups is 2. The Labute approximate surface area is 113 Å². The van der Waals surface area contributed by atoms with Crippen LogP contribution >= 0.6 is 0 Å². The maximum atomic E-state index is 11.1. The fraction of sp³-hybridized carbons (Fsp3) is 0.692. The lowest BCUT2D eigenvalue weighted by atomic mass is 9.97. The van der Waals surface area contributed by atoms with Crippen LogP contribution in [0.3, 0.4) is 0 Å². The van der Waals surface area contributed by atoms with E-state index in [0.717, 1.165) is 26.1 Å². The van der Waals surface area contributed by atoms with Crippen molar-refractivity contribution in [2.24, 2.45) is 5.92 Å². The fourth-order valence-electron chi connectivity index (χ4n) is 2.08. The van der Waals surface area contributed by atoms with Crippen LogP contribution < -0.4 is 5.32 Å². The first-order valence-corrected chi connectivity index (χ1v) is 6.60. The third kappa shape index (κ3) is 6.24. The Hall–Kier alpha value is -1.56. The summed E-state index contributed by atoms with van der Waals surface area (Å²) >= 11 is 0. The SMILES string of the molecule is C=CCOC(=O)NCCCN1CCC(C(=O)O)CC1. The van der Waals surface area contributed by atoms with Gasteiger partial charge in [-0.15, -0.1) is 0 Å². The molecule has 2 N–H and O–H groups in total. The molecule has 19 heavy (non-hydrogen) atoms. The van der Waals surface area contributed by atoms with Crippen LogP contribution in [0.2, 0.25) is 0 Å². The number of carbonyl (C=O) groups excluding carboxylic acids is 1. The maximum absolute atomic E-state index is 11.1. The molecule has 1 amide bonds. The van der Waals surface area contributed by atoms with Crippen molar-refractivity contribution < 1.29 is 19.4 Å². The van der Waals surface area contributed by atoms with E-state index in [1.54, 1.807) is 0 Å². The second-order valence-electron chi connectivity index (χ2n) is 4.62. The average Bonchev–Trinajstić information content (AvgIpc) is 2.41. The molecule has 0 aromatic carbocycles. The van der Waals surface area contributed by atoms with Crippen molar-refractivity contribution >= 4 is 12.1 Å². The van der Waals surface area contributed by atoms with Gasteiger partial charge in [-0.05, 0) is 38.9 Å². The number of ether oxygens (including phenoxy) is 1. The van der Waals surface area contributed by atoms with E-state index in [4.69, 9.17) is 9.84 Å². The number of aliphatic carboxylic acids is 1. The van der Waals surface area contributed by atoms with Gasteiger partial charge in [-0.2, -0.15) is 0 Å². The summed E-state index contributed by atoms with van der Waals surface area (Å²) < 4.78 is 4.78. The van der Waals surface area contributed by atoms with Gasteiger partial charge in [0.1, 0.15) is 6.61 Å². The molecule has 1 aliphatic rings. The summed E-state index contributed by atoms with van der Waals surface area (Å²) in [7, 11) is 0. The monoisotopic (exact) mass is 270 g/mol. The van der Waals surface area contributed by atoms with Crippen LogP contribution in [0.4, 0.5) is 4.79 Å². The zero-order chi connectivity index (χ0) is 14.1. The van der Waals surface area contributed by atoms with E-state index in [1.165, 1.54) is 6.08 Å². The molecule has 1 rings (SSSR count). The number of hydrogen-bond donors (Lipinski definition) is 2. The van der Waals surface area contributed by atoms with Crippen molar-refractivity contribution in [2.75, 3.05) is 32.8 Å². The molecule has 1 fully saturated rings. The largest absolute Gasteiger partial charge is 0.481 e. The van der Waals surface area contributed by atoms with Crippen molar-refractivity contribution in [3.05, 3.63) is 12.7 Å². The quantitative estimate of drug-likeness (QED) is 0.534. The van der Waals surface area contributed by atoms with Crippen molar-refractivity contribution in [2.45, 2.75) is 19.3 Å². The molecular formula is C13H22N2O4. The van der Waals surface area contributed by atoms with Crippen molar-refractivity contribution in [1.29, 1.82) is 0 Å². The molecule has 1 saturated heterocycles. The van der Waals surface area contributed by atoms with Gasteiger partial charge in [0.2, 0.25) is 0 Å². The van der Waals surface area contributed by atoms with E-state index in [9.17, 15) is 9.59 Å². The van der Waals surface area contributed by atoms with E-state index in [0.29, 0.717) is 19.4 Å². The Morgan fingerprint density at radius 1 is 1.42 bits per heavy atom. The smallest absolute Gasteiger partial charge is 0.407 e. The van der Waals surface area contributed by atoms with Gasteiger partial charge in [0.15, 0.2) is 0 Å². The summed E-state index contributed by atoms with van der Waals surface area (Å²) in [6.45, 7) is 6.74. The highest BCUT2D eigenvalue weighted by atomic mass is 16.5. The lowest BCUT2D eigenvalue weighted by Crippen LogP contribution is -2.38. The highest BCUT2D eigenvalue weighted by Gasteiger charge is 2.23. The topological polar surface area (TPSA) is 78.9 Å². The number of nitrogens with zero attached hydrogens (tertiary/aromatic N) is 1. The summed E-state index contributed by atoms with van der Waals surface area (Å²) in [5, 5.41) is 11.5. The third-order valence-electron chi connectivity index (χ3n) is 3.19. The summed E-state index contributed by atoms with van der Waals surface area (Å²) in [4.78, 5) is 24.1. The lowest BCUT2D eigenvalue weighted by molar-refractivity contribution is -0.143. The van der Waals surface area contributed by atoms with Gasteiger partial charge in [-0.3, -0.25) is 4.79 Å². The Balaban J connectivity index is 2.03. The minimum Gasteiger partial charge on any atom is -0.481 e. The van der Waals surface area contributed by atoms with E-state index in [1.807, 2.05) is 0 Å². The van der Waals surface area contributed by atoms with Crippen LogP contribution in [0.15, 0.2) is 12.7 Å². The van der Waals surface area contributed by atoms with E-state index < -0.39 is 12.1 Å². The highest BCUT2D eigenvalue weighted by molar-refractivity contribution is 5.70. The van der Waals surface area contributed by atoms with Gasteiger partial charge in [0.05, 0.1) is 5.92 Å². The first kappa shape index (κ1) is 15.5. The van der Waals surface area contributed by atoms with Crippen molar-refractivity contribution in [3.8, 4) is 0 Å². The molecule has 6 heteroatoms. The standard InChI is InChI=1S/C13H22N2O4/c1-2-10-19-13(18)14-6-3-7-15-8-4-11(5-9-15)12(16)17/h2,11H,1,3-10H2,(H,14,18)(H,16,17). The van der Waals surface area contributed by atoms with Gasteiger partial charge in [-0.25, -0.2) is 4.79 Å². The molecule has 0 aromatic heterocycles. The van der Waals surface area contributed by atoms with Crippen LogP contribution in [0.1, 0.15) is 19.3 Å². The summed E-state index contributed by atoms with van der Waals surface area (Å²) in [5.74, 6) is -0.880. The molecule has 1 aliphatic heterocycles. The van der Waals surface area contributed by atoms with Gasteiger partial charge in [0, 0.05) is 6.54 Å². The number of rotatable bonds is 7. The first-order chi connectivity index (χ1) is 9.13. The number of likely N-dealkylation sites (tertiary alicyclic amines) is 1. The number of nitrogens with one attached hydrogen (secondary N) is 1. The molecule has 0 atom stereocenters. The molecule has 0 spiro atoms. The minimum atomic E-state index is -0.689. The second-order valence-corrected chi connectivity index (χ2v) is 4.62. The molecule has 6 nitrogen and oxygen atoms in total. The first-order valence-electron chi connectivity index (χ1n) is 6.60. The minimum absolute atomic E-state index is 0.191. The molecule has 108 valence electrons. The van der Waals surface area contributed by atoms with Gasteiger partial charge in [-0.1, -0.05) is 12.7 Å². The molecule has 0 bridgehead atoms. The summed E-state index contributed by atoms with van der Waals surface area (Å²) in [5.41, 5.74) is 0. The zero-order valence-electron chi connectivity index (χ0n) is 11.1. The highest BCUT2D eigenvalue weighted by Crippen LogP contribution is 2.17. The molecule has 0 aliphatic carbocycles. The maximum Gasteiger partial charge on any atom is 0.407 e. The van der Waals surface area contributed by atoms with Crippen molar-refractivity contribution in [1.82, 2.24) is 10.2 Å². The number of carboxylic acid groups (broad SMARTS) is 1. The second kappa shape index (κ2) is 8.53. The Kier molecular flexibility index (Phi) is 6.95. The van der Waals surface area contributed by atoms with Crippen LogP contribution in [0.5, 0.6) is 0 Å². The predicted octanol–water partition coefficient (Wildman–Crippen LogP) is 1.09. The third-order valence-corrected chi connectivity index (χ3v) is 3.19. The van der Waals surface area contributed by atoms with Crippen LogP contribution in [0, 0.1) is 5.92 Å². The normalized spacial score (nSPS) is 16.8. The zero-order valence-corrected chi connectivity index (χ0v) is 11.1. The van der Waals surface area contributed by atoms with Crippen LogP contribution in [-0.4, -0.2) is 54.9 Å². The lowest BCUT2D eigenvalue weighted by Gasteiger charge is -2.29. The van der Waals surface area contributed by atoms with Gasteiger partial charge in [0.25, 0.3) is 0 Å². The fourth-order valence-corrected chi connectivity index (χ4v) is 2.08. The number of hydrogen-bond acceptors (Lipinski definition) is 4. The molecule has 1 heterocycles. The Bertz CT molecular complexity index is 312. The van der Waals surface area contributed by atoms with E-state index in [-0.39, 0.29) is 12.5 Å². The van der Waals surface area contributed by atoms with Crippen LogP contribution in [0.25, 0.3) is 0 Å².